The van der Waals surface area contributed by atoms with Crippen molar-refractivity contribution in [2.45, 2.75) is 46.6 Å². The van der Waals surface area contributed by atoms with Crippen LogP contribution in [0.15, 0.2) is 28.0 Å². The molecular weight excluding hydrogens is 265 g/mol. The Bertz CT molecular complexity index is 272. The van der Waals surface area contributed by atoms with Crippen molar-refractivity contribution >= 4 is 6.72 Å². The average molecular weight is 285 g/mol. The third kappa shape index (κ3) is 8.80. The van der Waals surface area contributed by atoms with E-state index < -0.39 is 0 Å². The Labute approximate surface area is 112 Å². The van der Waals surface area contributed by atoms with E-state index in [2.05, 4.69) is 4.99 Å². The van der Waals surface area contributed by atoms with Gasteiger partial charge >= 0.3 is 0 Å². The van der Waals surface area contributed by atoms with E-state index >= 15 is 0 Å². The summed E-state index contributed by atoms with van der Waals surface area (Å²) in [5.41, 5.74) is 2.31. The first-order valence-corrected chi connectivity index (χ1v) is 4.72. The third-order valence-corrected chi connectivity index (χ3v) is 1.88. The Hall–Kier alpha value is -0.167. The SMILES string of the molecule is CC1=C(C)CC([O-])=C1.[CH]=NC(C)(C)C.[Zr]. The molecule has 3 heteroatoms. The maximum Gasteiger partial charge on any atom is 0.0524 e. The molecule has 1 aliphatic carbocycles. The molecule has 0 heterocycles. The van der Waals surface area contributed by atoms with Crippen LogP contribution in [0.4, 0.5) is 0 Å². The molecule has 0 aromatic carbocycles. The molecule has 0 aromatic rings. The van der Waals surface area contributed by atoms with Crippen LogP contribution in [0.5, 0.6) is 0 Å². The van der Waals surface area contributed by atoms with Crippen LogP contribution in [0.3, 0.4) is 0 Å². The Morgan fingerprint density at radius 1 is 1.33 bits per heavy atom. The Morgan fingerprint density at radius 2 is 1.73 bits per heavy atom. The van der Waals surface area contributed by atoms with Gasteiger partial charge in [0.15, 0.2) is 0 Å². The predicted octanol–water partition coefficient (Wildman–Crippen LogP) is 2.33. The van der Waals surface area contributed by atoms with Crippen molar-refractivity contribution in [3.8, 4) is 0 Å². The second-order valence-corrected chi connectivity index (χ2v) is 4.55. The molecule has 0 atom stereocenters. The fourth-order valence-corrected chi connectivity index (χ4v) is 0.816. The first-order chi connectivity index (χ1) is 6.26. The second kappa shape index (κ2) is 7.16. The zero-order valence-corrected chi connectivity index (χ0v) is 12.7. The van der Waals surface area contributed by atoms with Gasteiger partial charge in [-0.1, -0.05) is 17.2 Å². The van der Waals surface area contributed by atoms with Crippen LogP contribution >= 0.6 is 0 Å². The van der Waals surface area contributed by atoms with Crippen LogP contribution in [0.1, 0.15) is 41.0 Å². The van der Waals surface area contributed by atoms with Crippen LogP contribution in [0, 0.1) is 0 Å². The maximum atomic E-state index is 10.6. The molecule has 83 valence electrons. The van der Waals surface area contributed by atoms with E-state index in [-0.39, 0.29) is 37.5 Å². The summed E-state index contributed by atoms with van der Waals surface area (Å²) in [6.07, 6.45) is 2.35. The minimum atomic E-state index is -0.0556. The number of rotatable bonds is 0. The maximum absolute atomic E-state index is 10.6. The minimum absolute atomic E-state index is 0. The van der Waals surface area contributed by atoms with Gasteiger partial charge in [-0.3, -0.25) is 4.99 Å². The van der Waals surface area contributed by atoms with Crippen molar-refractivity contribution in [2.24, 2.45) is 4.99 Å². The molecule has 0 bridgehead atoms. The number of hydrogen-bond acceptors (Lipinski definition) is 2. The van der Waals surface area contributed by atoms with Gasteiger partial charge in [-0.15, -0.1) is 5.76 Å². The summed E-state index contributed by atoms with van der Waals surface area (Å²) in [4.78, 5) is 3.52. The van der Waals surface area contributed by atoms with Crippen molar-refractivity contribution in [3.05, 3.63) is 23.0 Å². The normalized spacial score (nSPS) is 14.9. The molecule has 0 amide bonds. The van der Waals surface area contributed by atoms with Crippen LogP contribution in [0.25, 0.3) is 0 Å². The van der Waals surface area contributed by atoms with E-state index in [0.29, 0.717) is 6.42 Å². The van der Waals surface area contributed by atoms with Crippen LogP contribution < -0.4 is 5.11 Å². The van der Waals surface area contributed by atoms with E-state index in [1.54, 1.807) is 6.08 Å². The number of hydrogen-bond donors (Lipinski definition) is 0. The fraction of sp³-hybridized carbons (Fsp3) is 0.583. The summed E-state index contributed by atoms with van der Waals surface area (Å²) in [6, 6.07) is 0. The standard InChI is InChI=1S/C7H10O.C5H10N.Zr/c1-5-3-7(8)4-6(5)2;1-5(2,3)6-4;/h3,8H,4H2,1-2H3;4H,1-3H3;/p-1. The topological polar surface area (TPSA) is 35.4 Å². The molecule has 1 aliphatic rings. The average Bonchev–Trinajstić information content (AvgIpc) is 2.29. The summed E-state index contributed by atoms with van der Waals surface area (Å²) in [5.74, 6) is 0.250. The van der Waals surface area contributed by atoms with Crippen LogP contribution in [-0.2, 0) is 26.2 Å². The van der Waals surface area contributed by atoms with Gasteiger partial charge in [-0.25, -0.2) is 0 Å². The Kier molecular flexibility index (Phi) is 8.23. The molecule has 0 unspecified atom stereocenters. The second-order valence-electron chi connectivity index (χ2n) is 4.55. The van der Waals surface area contributed by atoms with E-state index in [9.17, 15) is 5.11 Å². The van der Waals surface area contributed by atoms with Gasteiger partial charge in [0.2, 0.25) is 0 Å². The van der Waals surface area contributed by atoms with E-state index in [0.717, 1.165) is 5.57 Å². The summed E-state index contributed by atoms with van der Waals surface area (Å²) < 4.78 is 0. The summed E-state index contributed by atoms with van der Waals surface area (Å²) in [6.45, 7) is 14.8. The summed E-state index contributed by atoms with van der Waals surface area (Å²) in [5, 5.41) is 10.6. The van der Waals surface area contributed by atoms with Crippen molar-refractivity contribution < 1.29 is 31.3 Å². The van der Waals surface area contributed by atoms with Gasteiger partial charge in [-0.2, -0.15) is 0 Å². The first-order valence-electron chi connectivity index (χ1n) is 4.72. The van der Waals surface area contributed by atoms with Gasteiger partial charge in [0.05, 0.1) is 5.54 Å². The molecule has 0 N–H and O–H groups in total. The Balaban J connectivity index is 0. The summed E-state index contributed by atoms with van der Waals surface area (Å²) in [7, 11) is 0. The number of aliphatic imine (C=N–C) groups is 1. The zero-order chi connectivity index (χ0) is 11.4. The number of allylic oxidation sites excluding steroid dienone is 3. The van der Waals surface area contributed by atoms with Crippen molar-refractivity contribution in [1.29, 1.82) is 0 Å². The van der Waals surface area contributed by atoms with Crippen molar-refractivity contribution in [2.75, 3.05) is 0 Å². The molecule has 0 saturated heterocycles. The van der Waals surface area contributed by atoms with Gasteiger partial charge in [0.1, 0.15) is 0 Å². The van der Waals surface area contributed by atoms with E-state index in [1.807, 2.05) is 34.6 Å². The van der Waals surface area contributed by atoms with Gasteiger partial charge in [-0.05, 0) is 41.0 Å². The molecule has 0 saturated carbocycles. The van der Waals surface area contributed by atoms with Gasteiger partial charge < -0.3 is 5.11 Å². The van der Waals surface area contributed by atoms with Gasteiger partial charge in [0, 0.05) is 32.9 Å². The van der Waals surface area contributed by atoms with Gasteiger partial charge in [0.25, 0.3) is 0 Å². The molecule has 0 spiro atoms. The first kappa shape index (κ1) is 17.2. The molecule has 15 heavy (non-hydrogen) atoms. The molecule has 1 radical (unpaired) electrons. The fourth-order valence-electron chi connectivity index (χ4n) is 0.816. The smallest absolute Gasteiger partial charge is 0.0524 e. The quantitative estimate of drug-likeness (QED) is 0.629. The molecule has 0 aliphatic heterocycles. The largest absolute Gasteiger partial charge is 0.875 e. The molecule has 1 rings (SSSR count). The monoisotopic (exact) mass is 283 g/mol. The van der Waals surface area contributed by atoms with E-state index in [1.165, 1.54) is 5.57 Å². The molecule has 0 fully saturated rings. The van der Waals surface area contributed by atoms with Crippen LogP contribution in [-0.4, -0.2) is 12.3 Å². The number of nitrogens with zero attached hydrogens (tertiary/aromatic N) is 1. The zero-order valence-electron chi connectivity index (χ0n) is 10.2. The minimum Gasteiger partial charge on any atom is -0.875 e. The van der Waals surface area contributed by atoms with Crippen LogP contribution in [0.2, 0.25) is 0 Å². The molecule has 0 aromatic heterocycles. The van der Waals surface area contributed by atoms with Crippen molar-refractivity contribution in [3.63, 3.8) is 0 Å². The molecular formula is C12H19NOZr-. The predicted molar refractivity (Wildman–Crippen MR) is 59.3 cm³/mol. The van der Waals surface area contributed by atoms with Crippen molar-refractivity contribution in [1.82, 2.24) is 0 Å². The van der Waals surface area contributed by atoms with E-state index in [4.69, 9.17) is 6.72 Å². The third-order valence-electron chi connectivity index (χ3n) is 1.88. The Morgan fingerprint density at radius 3 is 1.80 bits per heavy atom. The summed E-state index contributed by atoms with van der Waals surface area (Å²) >= 11 is 0. The molecule has 2 nitrogen and oxygen atoms in total.